The molecule has 1 unspecified atom stereocenters. The average Bonchev–Trinajstić information content (AvgIpc) is 3.40. The lowest BCUT2D eigenvalue weighted by Crippen LogP contribution is -2.30. The number of allylic oxidation sites excluding steroid dienone is 10. The third-order valence-corrected chi connectivity index (χ3v) is 14.2. The first-order chi connectivity index (χ1) is 36.5. The van der Waals surface area contributed by atoms with Crippen molar-refractivity contribution in [2.75, 3.05) is 13.2 Å². The summed E-state index contributed by atoms with van der Waals surface area (Å²) >= 11 is 0. The van der Waals surface area contributed by atoms with E-state index in [1.54, 1.807) is 0 Å². The van der Waals surface area contributed by atoms with Gasteiger partial charge in [-0.25, -0.2) is 0 Å². The van der Waals surface area contributed by atoms with Crippen LogP contribution in [0.15, 0.2) is 60.8 Å². The molecule has 0 saturated heterocycles. The number of rotatable bonds is 59. The van der Waals surface area contributed by atoms with E-state index in [0.29, 0.717) is 19.3 Å². The van der Waals surface area contributed by atoms with E-state index in [2.05, 4.69) is 81.5 Å². The Balaban J connectivity index is 4.25. The summed E-state index contributed by atoms with van der Waals surface area (Å²) in [6, 6.07) is 0. The molecular weight excluding hydrogens is 913 g/mol. The summed E-state index contributed by atoms with van der Waals surface area (Å²) in [5.41, 5.74) is 0. The highest BCUT2D eigenvalue weighted by atomic mass is 16.6. The van der Waals surface area contributed by atoms with Gasteiger partial charge in [0.15, 0.2) is 6.10 Å². The topological polar surface area (TPSA) is 78.9 Å². The SMILES string of the molecule is CCCCC/C=C\C/C=C\CCCCCCCC(=O)OC(COC(=O)CCCCCCC/C=C\CCCCCCC)COC(=O)CCCCCCCCCCCCCCCCC/C=C\C/C=C\CCCCCCC. The Labute approximate surface area is 460 Å². The van der Waals surface area contributed by atoms with Crippen LogP contribution in [0.25, 0.3) is 0 Å². The highest BCUT2D eigenvalue weighted by Crippen LogP contribution is 2.17. The second kappa shape index (κ2) is 62.6. The van der Waals surface area contributed by atoms with Gasteiger partial charge in [0.25, 0.3) is 0 Å². The minimum absolute atomic E-state index is 0.0804. The highest BCUT2D eigenvalue weighted by molar-refractivity contribution is 5.71. The largest absolute Gasteiger partial charge is 0.462 e. The van der Waals surface area contributed by atoms with Crippen LogP contribution in [0.1, 0.15) is 335 Å². The Morgan fingerprint density at radius 2 is 0.486 bits per heavy atom. The molecule has 0 aromatic rings. The van der Waals surface area contributed by atoms with Crippen molar-refractivity contribution in [2.45, 2.75) is 341 Å². The third kappa shape index (κ3) is 60.0. The molecule has 0 heterocycles. The number of ether oxygens (including phenoxy) is 3. The lowest BCUT2D eigenvalue weighted by atomic mass is 10.0. The number of carbonyl (C=O) groups is 3. The number of carbonyl (C=O) groups excluding carboxylic acids is 3. The van der Waals surface area contributed by atoms with Crippen molar-refractivity contribution < 1.29 is 28.6 Å². The summed E-state index contributed by atoms with van der Waals surface area (Å²) in [5, 5.41) is 0. The van der Waals surface area contributed by atoms with E-state index in [-0.39, 0.29) is 31.1 Å². The fourth-order valence-electron chi connectivity index (χ4n) is 9.32. The van der Waals surface area contributed by atoms with Crippen LogP contribution in [0.5, 0.6) is 0 Å². The second-order valence-electron chi connectivity index (χ2n) is 21.7. The molecule has 0 N–H and O–H groups in total. The molecule has 0 radical (unpaired) electrons. The van der Waals surface area contributed by atoms with Gasteiger partial charge in [-0.3, -0.25) is 14.4 Å². The van der Waals surface area contributed by atoms with Crippen molar-refractivity contribution in [1.29, 1.82) is 0 Å². The van der Waals surface area contributed by atoms with E-state index >= 15 is 0 Å². The molecule has 0 aliphatic rings. The predicted octanol–water partition coefficient (Wildman–Crippen LogP) is 21.9. The van der Waals surface area contributed by atoms with Crippen LogP contribution in [0.4, 0.5) is 0 Å². The van der Waals surface area contributed by atoms with E-state index in [0.717, 1.165) is 96.3 Å². The zero-order valence-electron chi connectivity index (χ0n) is 49.4. The molecular formula is C68H122O6. The number of hydrogen-bond acceptors (Lipinski definition) is 6. The van der Waals surface area contributed by atoms with Gasteiger partial charge in [-0.1, -0.05) is 268 Å². The molecule has 0 aliphatic carbocycles. The fraction of sp³-hybridized carbons (Fsp3) is 0.809. The first kappa shape index (κ1) is 71.1. The molecule has 1 atom stereocenters. The minimum Gasteiger partial charge on any atom is -0.462 e. The maximum absolute atomic E-state index is 12.9. The molecule has 0 aromatic carbocycles. The molecule has 6 nitrogen and oxygen atoms in total. The van der Waals surface area contributed by atoms with Crippen LogP contribution in [0.2, 0.25) is 0 Å². The summed E-state index contributed by atoms with van der Waals surface area (Å²) in [4.78, 5) is 38.3. The highest BCUT2D eigenvalue weighted by Gasteiger charge is 2.19. The van der Waals surface area contributed by atoms with Crippen molar-refractivity contribution >= 4 is 17.9 Å². The lowest BCUT2D eigenvalue weighted by molar-refractivity contribution is -0.167. The number of hydrogen-bond donors (Lipinski definition) is 0. The first-order valence-electron chi connectivity index (χ1n) is 32.3. The summed E-state index contributed by atoms with van der Waals surface area (Å²) in [6.07, 6.45) is 79.4. The van der Waals surface area contributed by atoms with Crippen LogP contribution in [-0.4, -0.2) is 37.2 Å². The van der Waals surface area contributed by atoms with Gasteiger partial charge in [0.05, 0.1) is 0 Å². The van der Waals surface area contributed by atoms with Crippen molar-refractivity contribution in [3.8, 4) is 0 Å². The quantitative estimate of drug-likeness (QED) is 0.0261. The minimum atomic E-state index is -0.784. The van der Waals surface area contributed by atoms with Gasteiger partial charge in [-0.15, -0.1) is 0 Å². The van der Waals surface area contributed by atoms with Gasteiger partial charge in [-0.2, -0.15) is 0 Å². The van der Waals surface area contributed by atoms with Gasteiger partial charge >= 0.3 is 17.9 Å². The van der Waals surface area contributed by atoms with Crippen LogP contribution < -0.4 is 0 Å². The van der Waals surface area contributed by atoms with Crippen molar-refractivity contribution in [3.63, 3.8) is 0 Å². The lowest BCUT2D eigenvalue weighted by Gasteiger charge is -2.18. The number of unbranched alkanes of at least 4 members (excludes halogenated alkanes) is 38. The van der Waals surface area contributed by atoms with Crippen LogP contribution >= 0.6 is 0 Å². The second-order valence-corrected chi connectivity index (χ2v) is 21.7. The standard InChI is InChI=1S/C68H122O6/c1-4-7-10-13-16-19-22-25-28-29-30-31-32-33-34-35-36-37-38-39-41-43-46-49-52-55-58-61-67(70)73-64-65(63-72-66(69)60-57-54-51-48-45-42-27-24-21-18-15-12-9-6-3)74-68(71)62-59-56-53-50-47-44-40-26-23-20-17-14-11-8-5-2/h17,20,22,24-27,29-30,40,65H,4-16,18-19,21,23,28,31-39,41-64H2,1-3H3/b20-17-,25-22-,27-24-,30-29-,40-26-. The Kier molecular flexibility index (Phi) is 60.2. The van der Waals surface area contributed by atoms with Gasteiger partial charge in [0.1, 0.15) is 13.2 Å². The normalized spacial score (nSPS) is 12.4. The Hall–Kier alpha value is -2.89. The number of esters is 3. The molecule has 0 aromatic heterocycles. The van der Waals surface area contributed by atoms with Gasteiger partial charge in [0.2, 0.25) is 0 Å². The third-order valence-electron chi connectivity index (χ3n) is 14.2. The van der Waals surface area contributed by atoms with Gasteiger partial charge in [-0.05, 0) is 109 Å². The van der Waals surface area contributed by atoms with E-state index in [4.69, 9.17) is 14.2 Å². The van der Waals surface area contributed by atoms with E-state index in [9.17, 15) is 14.4 Å². The fourth-order valence-corrected chi connectivity index (χ4v) is 9.32. The van der Waals surface area contributed by atoms with E-state index in [1.165, 1.54) is 199 Å². The summed E-state index contributed by atoms with van der Waals surface area (Å²) < 4.78 is 16.9. The molecule has 74 heavy (non-hydrogen) atoms. The summed E-state index contributed by atoms with van der Waals surface area (Å²) in [6.45, 7) is 6.61. The van der Waals surface area contributed by atoms with Crippen LogP contribution in [0, 0.1) is 0 Å². The zero-order valence-corrected chi connectivity index (χ0v) is 49.4. The molecule has 0 aliphatic heterocycles. The molecule has 6 heteroatoms. The average molecular weight is 1040 g/mol. The van der Waals surface area contributed by atoms with Crippen molar-refractivity contribution in [2.24, 2.45) is 0 Å². The first-order valence-corrected chi connectivity index (χ1v) is 32.3. The predicted molar refractivity (Wildman–Crippen MR) is 321 cm³/mol. The summed E-state index contributed by atoms with van der Waals surface area (Å²) in [5.74, 6) is -0.888. The Bertz CT molecular complexity index is 1330. The van der Waals surface area contributed by atoms with Gasteiger partial charge < -0.3 is 14.2 Å². The zero-order chi connectivity index (χ0) is 53.6. The van der Waals surface area contributed by atoms with E-state index < -0.39 is 6.10 Å². The molecule has 430 valence electrons. The molecule has 0 saturated carbocycles. The van der Waals surface area contributed by atoms with Crippen LogP contribution in [-0.2, 0) is 28.6 Å². The summed E-state index contributed by atoms with van der Waals surface area (Å²) in [7, 11) is 0. The molecule has 0 amide bonds. The van der Waals surface area contributed by atoms with Gasteiger partial charge in [0, 0.05) is 19.3 Å². The van der Waals surface area contributed by atoms with Crippen molar-refractivity contribution in [1.82, 2.24) is 0 Å². The smallest absolute Gasteiger partial charge is 0.306 e. The molecule has 0 fully saturated rings. The monoisotopic (exact) mass is 1030 g/mol. The maximum Gasteiger partial charge on any atom is 0.306 e. The molecule has 0 bridgehead atoms. The Morgan fingerprint density at radius 1 is 0.270 bits per heavy atom. The maximum atomic E-state index is 12.9. The Morgan fingerprint density at radius 3 is 0.784 bits per heavy atom. The molecule has 0 rings (SSSR count). The van der Waals surface area contributed by atoms with Crippen molar-refractivity contribution in [3.05, 3.63) is 60.8 Å². The van der Waals surface area contributed by atoms with Crippen LogP contribution in [0.3, 0.4) is 0 Å². The van der Waals surface area contributed by atoms with E-state index in [1.807, 2.05) is 0 Å². The molecule has 0 spiro atoms.